The number of imide groups is 1. The summed E-state index contributed by atoms with van der Waals surface area (Å²) in [6, 6.07) is 12.1. The lowest BCUT2D eigenvalue weighted by atomic mass is 9.95. The molecule has 1 aliphatic heterocycles. The molecule has 7 nitrogen and oxygen atoms in total. The summed E-state index contributed by atoms with van der Waals surface area (Å²) >= 11 is 0. The molecular formula is C25H30N2O5. The number of carbonyl (C=O) groups is 3. The van der Waals surface area contributed by atoms with Gasteiger partial charge in [-0.1, -0.05) is 32.0 Å². The van der Waals surface area contributed by atoms with Crippen LogP contribution in [0.5, 0.6) is 11.5 Å². The lowest BCUT2D eigenvalue weighted by Gasteiger charge is -2.24. The standard InChI is InChI=1S/C25H30N2O5/c1-5-31-20-12-11-17(15-21(20)32-6-2)23(16(3)4)26-22(28)13-14-27-24(29)18-9-7-8-10-19(18)25(27)30/h7-12,15-16,23H,5-6,13-14H2,1-4H3,(H,26,28). The molecule has 2 aromatic rings. The summed E-state index contributed by atoms with van der Waals surface area (Å²) in [4.78, 5) is 38.9. The van der Waals surface area contributed by atoms with E-state index in [1.807, 2.05) is 45.9 Å². The molecule has 0 bridgehead atoms. The fraction of sp³-hybridized carbons (Fsp3) is 0.400. The quantitative estimate of drug-likeness (QED) is 0.567. The highest BCUT2D eigenvalue weighted by Crippen LogP contribution is 2.33. The maximum Gasteiger partial charge on any atom is 0.261 e. The number of nitrogens with zero attached hydrogens (tertiary/aromatic N) is 1. The third-order valence-corrected chi connectivity index (χ3v) is 5.35. The zero-order valence-corrected chi connectivity index (χ0v) is 19.0. The van der Waals surface area contributed by atoms with Crippen LogP contribution < -0.4 is 14.8 Å². The molecule has 1 heterocycles. The number of hydrogen-bond acceptors (Lipinski definition) is 5. The fourth-order valence-electron chi connectivity index (χ4n) is 3.80. The van der Waals surface area contributed by atoms with Crippen molar-refractivity contribution in [3.05, 3.63) is 59.2 Å². The molecule has 0 aromatic heterocycles. The van der Waals surface area contributed by atoms with Gasteiger partial charge in [0.2, 0.25) is 5.91 Å². The summed E-state index contributed by atoms with van der Waals surface area (Å²) in [5.41, 5.74) is 1.67. The maximum absolute atomic E-state index is 12.7. The Labute approximate surface area is 188 Å². The summed E-state index contributed by atoms with van der Waals surface area (Å²) in [5.74, 6) is 0.478. The van der Waals surface area contributed by atoms with Crippen molar-refractivity contribution in [2.24, 2.45) is 5.92 Å². The van der Waals surface area contributed by atoms with Crippen LogP contribution in [0, 0.1) is 5.92 Å². The van der Waals surface area contributed by atoms with Crippen LogP contribution in [0.3, 0.4) is 0 Å². The SMILES string of the molecule is CCOc1ccc(C(NC(=O)CCN2C(=O)c3ccccc3C2=O)C(C)C)cc1OCC. The monoisotopic (exact) mass is 438 g/mol. The second-order valence-corrected chi connectivity index (χ2v) is 7.92. The van der Waals surface area contributed by atoms with Crippen molar-refractivity contribution in [1.82, 2.24) is 10.2 Å². The minimum absolute atomic E-state index is 0.0318. The van der Waals surface area contributed by atoms with Gasteiger partial charge in [0.25, 0.3) is 11.8 Å². The molecule has 7 heteroatoms. The van der Waals surface area contributed by atoms with E-state index in [9.17, 15) is 14.4 Å². The van der Waals surface area contributed by atoms with Crippen LogP contribution in [0.25, 0.3) is 0 Å². The number of carbonyl (C=O) groups excluding carboxylic acids is 3. The largest absolute Gasteiger partial charge is 0.490 e. The number of nitrogens with one attached hydrogen (secondary N) is 1. The van der Waals surface area contributed by atoms with E-state index in [2.05, 4.69) is 5.32 Å². The Morgan fingerprint density at radius 2 is 1.53 bits per heavy atom. The molecule has 1 aliphatic rings. The lowest BCUT2D eigenvalue weighted by Crippen LogP contribution is -2.37. The number of ether oxygens (including phenoxy) is 2. The average Bonchev–Trinajstić information content (AvgIpc) is 3.02. The lowest BCUT2D eigenvalue weighted by molar-refractivity contribution is -0.122. The first-order valence-corrected chi connectivity index (χ1v) is 11.0. The summed E-state index contributed by atoms with van der Waals surface area (Å²) < 4.78 is 11.3. The summed E-state index contributed by atoms with van der Waals surface area (Å²) in [6.45, 7) is 8.93. The van der Waals surface area contributed by atoms with Crippen molar-refractivity contribution < 1.29 is 23.9 Å². The van der Waals surface area contributed by atoms with Gasteiger partial charge >= 0.3 is 0 Å². The van der Waals surface area contributed by atoms with E-state index in [4.69, 9.17) is 9.47 Å². The smallest absolute Gasteiger partial charge is 0.261 e. The maximum atomic E-state index is 12.7. The van der Waals surface area contributed by atoms with Crippen molar-refractivity contribution in [2.45, 2.75) is 40.2 Å². The van der Waals surface area contributed by atoms with Crippen LogP contribution in [0.1, 0.15) is 66.4 Å². The van der Waals surface area contributed by atoms with Crippen LogP contribution >= 0.6 is 0 Å². The molecule has 0 saturated carbocycles. The molecule has 0 saturated heterocycles. The first-order chi connectivity index (χ1) is 15.4. The Balaban J connectivity index is 1.68. The molecule has 0 radical (unpaired) electrons. The Kier molecular flexibility index (Phi) is 7.51. The predicted octanol–water partition coefficient (Wildman–Crippen LogP) is 3.98. The number of amides is 3. The van der Waals surface area contributed by atoms with E-state index in [1.54, 1.807) is 24.3 Å². The van der Waals surface area contributed by atoms with Gasteiger partial charge in [-0.05, 0) is 49.6 Å². The highest BCUT2D eigenvalue weighted by atomic mass is 16.5. The summed E-state index contributed by atoms with van der Waals surface area (Å²) in [6.07, 6.45) is 0.0318. The van der Waals surface area contributed by atoms with E-state index in [0.29, 0.717) is 35.8 Å². The molecule has 3 rings (SSSR count). The highest BCUT2D eigenvalue weighted by molar-refractivity contribution is 6.21. The van der Waals surface area contributed by atoms with E-state index < -0.39 is 0 Å². The second-order valence-electron chi connectivity index (χ2n) is 7.92. The van der Waals surface area contributed by atoms with Gasteiger partial charge in [-0.2, -0.15) is 0 Å². The normalized spacial score (nSPS) is 13.8. The van der Waals surface area contributed by atoms with E-state index >= 15 is 0 Å². The number of benzene rings is 2. The molecule has 1 unspecified atom stereocenters. The van der Waals surface area contributed by atoms with Gasteiger partial charge in [0.05, 0.1) is 30.4 Å². The molecule has 2 aromatic carbocycles. The minimum atomic E-state index is -0.355. The fourth-order valence-corrected chi connectivity index (χ4v) is 3.80. The van der Waals surface area contributed by atoms with Gasteiger partial charge in [-0.15, -0.1) is 0 Å². The van der Waals surface area contributed by atoms with Crippen molar-refractivity contribution in [2.75, 3.05) is 19.8 Å². The van der Waals surface area contributed by atoms with E-state index in [-0.39, 0.29) is 42.6 Å². The molecule has 0 fully saturated rings. The first-order valence-electron chi connectivity index (χ1n) is 11.0. The van der Waals surface area contributed by atoms with Crippen LogP contribution in [0.2, 0.25) is 0 Å². The van der Waals surface area contributed by atoms with Gasteiger partial charge in [0.1, 0.15) is 0 Å². The van der Waals surface area contributed by atoms with Gasteiger partial charge in [0, 0.05) is 13.0 Å². The minimum Gasteiger partial charge on any atom is -0.490 e. The van der Waals surface area contributed by atoms with Crippen molar-refractivity contribution >= 4 is 17.7 Å². The van der Waals surface area contributed by atoms with Gasteiger partial charge in [0.15, 0.2) is 11.5 Å². The Bertz CT molecular complexity index is 967. The van der Waals surface area contributed by atoms with Gasteiger partial charge in [-0.25, -0.2) is 0 Å². The molecule has 1 N–H and O–H groups in total. The molecule has 32 heavy (non-hydrogen) atoms. The third-order valence-electron chi connectivity index (χ3n) is 5.35. The molecular weight excluding hydrogens is 408 g/mol. The molecule has 0 spiro atoms. The van der Waals surface area contributed by atoms with Gasteiger partial charge < -0.3 is 14.8 Å². The van der Waals surface area contributed by atoms with E-state index in [0.717, 1.165) is 10.5 Å². The summed E-state index contributed by atoms with van der Waals surface area (Å²) in [7, 11) is 0. The summed E-state index contributed by atoms with van der Waals surface area (Å²) in [5, 5.41) is 3.04. The average molecular weight is 439 g/mol. The topological polar surface area (TPSA) is 84.9 Å². The predicted molar refractivity (Wildman–Crippen MR) is 121 cm³/mol. The van der Waals surface area contributed by atoms with Crippen molar-refractivity contribution in [1.29, 1.82) is 0 Å². The van der Waals surface area contributed by atoms with Crippen molar-refractivity contribution in [3.8, 4) is 11.5 Å². The Morgan fingerprint density at radius 1 is 0.938 bits per heavy atom. The Hall–Kier alpha value is -3.35. The first kappa shape index (κ1) is 23.3. The zero-order valence-electron chi connectivity index (χ0n) is 19.0. The number of hydrogen-bond donors (Lipinski definition) is 1. The molecule has 0 aliphatic carbocycles. The van der Waals surface area contributed by atoms with Crippen LogP contribution in [0.4, 0.5) is 0 Å². The van der Waals surface area contributed by atoms with Crippen LogP contribution in [0.15, 0.2) is 42.5 Å². The molecule has 1 atom stereocenters. The Morgan fingerprint density at radius 3 is 2.09 bits per heavy atom. The van der Waals surface area contributed by atoms with Crippen LogP contribution in [-0.4, -0.2) is 42.4 Å². The number of fused-ring (bicyclic) bond motifs is 1. The van der Waals surface area contributed by atoms with Crippen LogP contribution in [-0.2, 0) is 4.79 Å². The highest BCUT2D eigenvalue weighted by Gasteiger charge is 2.35. The van der Waals surface area contributed by atoms with Gasteiger partial charge in [-0.3, -0.25) is 19.3 Å². The molecule has 3 amide bonds. The number of rotatable bonds is 10. The van der Waals surface area contributed by atoms with Crippen molar-refractivity contribution in [3.63, 3.8) is 0 Å². The zero-order chi connectivity index (χ0) is 23.3. The molecule has 170 valence electrons. The third kappa shape index (κ3) is 4.93. The van der Waals surface area contributed by atoms with E-state index in [1.165, 1.54) is 0 Å². The second kappa shape index (κ2) is 10.3.